The Bertz CT molecular complexity index is 366. The van der Waals surface area contributed by atoms with Gasteiger partial charge in [0.25, 0.3) is 0 Å². The zero-order chi connectivity index (χ0) is 12.9. The van der Waals surface area contributed by atoms with Crippen molar-refractivity contribution in [2.45, 2.75) is 32.9 Å². The third-order valence-electron chi connectivity index (χ3n) is 2.40. The molecule has 0 atom stereocenters. The van der Waals surface area contributed by atoms with Gasteiger partial charge in [0.1, 0.15) is 0 Å². The molecule has 0 aliphatic rings. The Balaban J connectivity index is 2.43. The highest BCUT2D eigenvalue weighted by molar-refractivity contribution is 5.17. The minimum atomic E-state index is -0.816. The first-order valence-corrected chi connectivity index (χ1v) is 5.73. The van der Waals surface area contributed by atoms with Crippen LogP contribution in [-0.2, 0) is 11.3 Å². The summed E-state index contributed by atoms with van der Waals surface area (Å²) in [4.78, 5) is 0. The van der Waals surface area contributed by atoms with Crippen LogP contribution in [0.25, 0.3) is 0 Å². The van der Waals surface area contributed by atoms with E-state index in [1.54, 1.807) is 6.07 Å². The molecule has 0 saturated carbocycles. The molecule has 0 radical (unpaired) electrons. The van der Waals surface area contributed by atoms with E-state index in [1.165, 1.54) is 6.07 Å². The number of hydrogen-bond acceptors (Lipinski definition) is 2. The van der Waals surface area contributed by atoms with Gasteiger partial charge in [-0.25, -0.2) is 8.78 Å². The summed E-state index contributed by atoms with van der Waals surface area (Å²) in [5.74, 6) is -1.63. The van der Waals surface area contributed by atoms with Crippen molar-refractivity contribution in [2.24, 2.45) is 0 Å². The zero-order valence-corrected chi connectivity index (χ0v) is 10.5. The topological polar surface area (TPSA) is 21.3 Å². The lowest BCUT2D eigenvalue weighted by atomic mass is 10.1. The van der Waals surface area contributed by atoms with Crippen molar-refractivity contribution in [2.75, 3.05) is 13.2 Å². The van der Waals surface area contributed by atoms with Gasteiger partial charge in [0.15, 0.2) is 11.6 Å². The van der Waals surface area contributed by atoms with Crippen molar-refractivity contribution < 1.29 is 13.5 Å². The molecule has 0 heterocycles. The van der Waals surface area contributed by atoms with E-state index in [1.807, 2.05) is 20.8 Å². The molecule has 1 rings (SSSR count). The van der Waals surface area contributed by atoms with Gasteiger partial charge in [-0.3, -0.25) is 0 Å². The maximum Gasteiger partial charge on any atom is 0.159 e. The standard InChI is InChI=1S/C13H19F2NO/c1-4-17-13(2,3)9-16-8-10-5-6-11(14)12(15)7-10/h5-7,16H,4,8-9H2,1-3H3. The molecule has 0 aliphatic heterocycles. The average molecular weight is 243 g/mol. The average Bonchev–Trinajstić information content (AvgIpc) is 2.23. The minimum Gasteiger partial charge on any atom is -0.375 e. The van der Waals surface area contributed by atoms with Gasteiger partial charge in [0.2, 0.25) is 0 Å². The summed E-state index contributed by atoms with van der Waals surface area (Å²) in [6, 6.07) is 3.91. The van der Waals surface area contributed by atoms with E-state index in [-0.39, 0.29) is 5.60 Å². The highest BCUT2D eigenvalue weighted by Crippen LogP contribution is 2.10. The van der Waals surface area contributed by atoms with Gasteiger partial charge in [0.05, 0.1) is 5.60 Å². The third-order valence-corrected chi connectivity index (χ3v) is 2.40. The Kier molecular flexibility index (Phi) is 5.02. The van der Waals surface area contributed by atoms with Crippen LogP contribution < -0.4 is 5.32 Å². The van der Waals surface area contributed by atoms with Gasteiger partial charge in [-0.05, 0) is 38.5 Å². The van der Waals surface area contributed by atoms with Crippen LogP contribution in [-0.4, -0.2) is 18.8 Å². The maximum absolute atomic E-state index is 12.9. The van der Waals surface area contributed by atoms with E-state index in [4.69, 9.17) is 4.74 Å². The van der Waals surface area contributed by atoms with Gasteiger partial charge < -0.3 is 10.1 Å². The third kappa shape index (κ3) is 4.79. The van der Waals surface area contributed by atoms with Crippen LogP contribution in [0.1, 0.15) is 26.3 Å². The van der Waals surface area contributed by atoms with E-state index >= 15 is 0 Å². The van der Waals surface area contributed by atoms with Crippen molar-refractivity contribution in [3.8, 4) is 0 Å². The van der Waals surface area contributed by atoms with Gasteiger partial charge in [-0.1, -0.05) is 6.07 Å². The summed E-state index contributed by atoms with van der Waals surface area (Å²) >= 11 is 0. The van der Waals surface area contributed by atoms with Crippen molar-refractivity contribution in [1.82, 2.24) is 5.32 Å². The molecule has 0 bridgehead atoms. The first-order chi connectivity index (χ1) is 7.94. The summed E-state index contributed by atoms with van der Waals surface area (Å²) in [7, 11) is 0. The molecule has 2 nitrogen and oxygen atoms in total. The van der Waals surface area contributed by atoms with E-state index in [9.17, 15) is 8.78 Å². The Morgan fingerprint density at radius 2 is 1.94 bits per heavy atom. The quantitative estimate of drug-likeness (QED) is 0.829. The molecule has 0 aliphatic carbocycles. The summed E-state index contributed by atoms with van der Waals surface area (Å²) in [6.07, 6.45) is 0. The van der Waals surface area contributed by atoms with Crippen LogP contribution >= 0.6 is 0 Å². The molecule has 0 aromatic heterocycles. The summed E-state index contributed by atoms with van der Waals surface area (Å²) in [6.45, 7) is 7.70. The Morgan fingerprint density at radius 1 is 1.24 bits per heavy atom. The van der Waals surface area contributed by atoms with Crippen LogP contribution in [0.2, 0.25) is 0 Å². The number of halogens is 2. The lowest BCUT2D eigenvalue weighted by Gasteiger charge is -2.25. The fourth-order valence-corrected chi connectivity index (χ4v) is 1.60. The highest BCUT2D eigenvalue weighted by atomic mass is 19.2. The maximum atomic E-state index is 12.9. The van der Waals surface area contributed by atoms with Crippen LogP contribution in [0.3, 0.4) is 0 Å². The molecule has 0 amide bonds. The Morgan fingerprint density at radius 3 is 2.53 bits per heavy atom. The Hall–Kier alpha value is -1.00. The lowest BCUT2D eigenvalue weighted by Crippen LogP contribution is -2.37. The van der Waals surface area contributed by atoms with Crippen molar-refractivity contribution in [3.05, 3.63) is 35.4 Å². The molecule has 17 heavy (non-hydrogen) atoms. The SMILES string of the molecule is CCOC(C)(C)CNCc1ccc(F)c(F)c1. The number of hydrogen-bond donors (Lipinski definition) is 1. The summed E-state index contributed by atoms with van der Waals surface area (Å²) in [5, 5.41) is 3.16. The summed E-state index contributed by atoms with van der Waals surface area (Å²) in [5.41, 5.74) is 0.462. The first kappa shape index (κ1) is 14.1. The molecule has 1 aromatic carbocycles. The largest absolute Gasteiger partial charge is 0.375 e. The van der Waals surface area contributed by atoms with Gasteiger partial charge >= 0.3 is 0 Å². The molecular formula is C13H19F2NO. The van der Waals surface area contributed by atoms with Crippen LogP contribution in [0.4, 0.5) is 8.78 Å². The normalized spacial score (nSPS) is 11.8. The van der Waals surface area contributed by atoms with E-state index < -0.39 is 11.6 Å². The first-order valence-electron chi connectivity index (χ1n) is 5.73. The molecule has 0 fully saturated rings. The summed E-state index contributed by atoms with van der Waals surface area (Å²) < 4.78 is 31.1. The van der Waals surface area contributed by atoms with E-state index in [2.05, 4.69) is 5.32 Å². The van der Waals surface area contributed by atoms with Gasteiger partial charge in [-0.15, -0.1) is 0 Å². The number of rotatable bonds is 6. The van der Waals surface area contributed by atoms with E-state index in [0.29, 0.717) is 19.7 Å². The molecule has 96 valence electrons. The number of ether oxygens (including phenoxy) is 1. The van der Waals surface area contributed by atoms with Gasteiger partial charge in [0, 0.05) is 19.7 Å². The van der Waals surface area contributed by atoms with Crippen LogP contribution in [0.5, 0.6) is 0 Å². The fraction of sp³-hybridized carbons (Fsp3) is 0.538. The molecule has 1 aromatic rings. The van der Waals surface area contributed by atoms with Crippen molar-refractivity contribution in [1.29, 1.82) is 0 Å². The molecule has 0 saturated heterocycles. The minimum absolute atomic E-state index is 0.257. The molecule has 0 spiro atoms. The second-order valence-corrected chi connectivity index (χ2v) is 4.54. The molecule has 1 N–H and O–H groups in total. The number of nitrogens with one attached hydrogen (secondary N) is 1. The fourth-order valence-electron chi connectivity index (χ4n) is 1.60. The van der Waals surface area contributed by atoms with Crippen molar-refractivity contribution >= 4 is 0 Å². The predicted octanol–water partition coefficient (Wildman–Crippen LogP) is 2.87. The molecule has 0 unspecified atom stereocenters. The van der Waals surface area contributed by atoms with Crippen molar-refractivity contribution in [3.63, 3.8) is 0 Å². The smallest absolute Gasteiger partial charge is 0.159 e. The molecule has 4 heteroatoms. The highest BCUT2D eigenvalue weighted by Gasteiger charge is 2.16. The van der Waals surface area contributed by atoms with Crippen LogP contribution in [0.15, 0.2) is 18.2 Å². The zero-order valence-electron chi connectivity index (χ0n) is 10.5. The lowest BCUT2D eigenvalue weighted by molar-refractivity contribution is -0.00897. The second-order valence-electron chi connectivity index (χ2n) is 4.54. The molecular weight excluding hydrogens is 224 g/mol. The van der Waals surface area contributed by atoms with Gasteiger partial charge in [-0.2, -0.15) is 0 Å². The second kappa shape index (κ2) is 6.07. The van der Waals surface area contributed by atoms with Crippen LogP contribution in [0, 0.1) is 11.6 Å². The predicted molar refractivity (Wildman–Crippen MR) is 63.8 cm³/mol. The monoisotopic (exact) mass is 243 g/mol. The number of benzene rings is 1. The Labute approximate surface area is 101 Å². The van der Waals surface area contributed by atoms with E-state index in [0.717, 1.165) is 11.6 Å².